The molecule has 0 saturated carbocycles. The summed E-state index contributed by atoms with van der Waals surface area (Å²) in [5.41, 5.74) is -3.72. The van der Waals surface area contributed by atoms with Gasteiger partial charge in [0, 0.05) is 19.8 Å². The van der Waals surface area contributed by atoms with E-state index < -0.39 is 35.4 Å². The van der Waals surface area contributed by atoms with Crippen LogP contribution in [0.2, 0.25) is 0 Å². The zero-order valence-electron chi connectivity index (χ0n) is 11.9. The molecule has 0 bridgehead atoms. The number of carbonyl (C=O) groups excluding carboxylic acids is 1. The Kier molecular flexibility index (Phi) is 4.83. The summed E-state index contributed by atoms with van der Waals surface area (Å²) >= 11 is 0. The number of pyridine rings is 1. The van der Waals surface area contributed by atoms with Crippen molar-refractivity contribution in [2.75, 3.05) is 13.6 Å². The van der Waals surface area contributed by atoms with E-state index in [2.05, 4.69) is 0 Å². The third-order valence-corrected chi connectivity index (χ3v) is 2.68. The fourth-order valence-corrected chi connectivity index (χ4v) is 1.81. The van der Waals surface area contributed by atoms with Crippen LogP contribution in [0.5, 0.6) is 0 Å². The van der Waals surface area contributed by atoms with Crippen LogP contribution >= 0.6 is 0 Å². The molecule has 0 unspecified atom stereocenters. The van der Waals surface area contributed by atoms with Crippen molar-refractivity contribution in [2.45, 2.75) is 32.2 Å². The Balaban J connectivity index is 2.95. The van der Waals surface area contributed by atoms with Crippen LogP contribution in [-0.2, 0) is 17.5 Å². The standard InChI is InChI=1S/C13H17F3N2O3/c1-12(2,21)8-17(3)10(19)7-18-6-4-5-9(11(18)20)13(14,15)16/h4-6,21H,7-8H2,1-3H3. The van der Waals surface area contributed by atoms with E-state index >= 15 is 0 Å². The Morgan fingerprint density at radius 1 is 1.38 bits per heavy atom. The number of rotatable bonds is 4. The SMILES string of the molecule is CN(CC(C)(C)O)C(=O)Cn1cccc(C(F)(F)F)c1=O. The molecule has 1 heterocycles. The fourth-order valence-electron chi connectivity index (χ4n) is 1.81. The molecule has 21 heavy (non-hydrogen) atoms. The van der Waals surface area contributed by atoms with Crippen LogP contribution in [0.3, 0.4) is 0 Å². The molecular weight excluding hydrogens is 289 g/mol. The average Bonchev–Trinajstić information content (AvgIpc) is 2.27. The van der Waals surface area contributed by atoms with E-state index in [1.54, 1.807) is 0 Å². The first-order valence-electron chi connectivity index (χ1n) is 6.15. The van der Waals surface area contributed by atoms with Gasteiger partial charge >= 0.3 is 6.18 Å². The Labute approximate surface area is 119 Å². The van der Waals surface area contributed by atoms with Gasteiger partial charge in [-0.1, -0.05) is 0 Å². The second-order valence-electron chi connectivity index (χ2n) is 5.41. The molecule has 1 aromatic rings. The highest BCUT2D eigenvalue weighted by Crippen LogP contribution is 2.25. The van der Waals surface area contributed by atoms with Crippen molar-refractivity contribution < 1.29 is 23.1 Å². The number of aliphatic hydroxyl groups is 1. The van der Waals surface area contributed by atoms with E-state index in [1.165, 1.54) is 20.9 Å². The Morgan fingerprint density at radius 2 is 1.95 bits per heavy atom. The number of hydrogen-bond donors (Lipinski definition) is 1. The van der Waals surface area contributed by atoms with Crippen molar-refractivity contribution in [3.8, 4) is 0 Å². The maximum atomic E-state index is 12.6. The van der Waals surface area contributed by atoms with Crippen LogP contribution in [0.25, 0.3) is 0 Å². The third-order valence-electron chi connectivity index (χ3n) is 2.68. The smallest absolute Gasteiger partial charge is 0.389 e. The predicted octanol–water partition coefficient (Wildman–Crippen LogP) is 1.10. The molecule has 0 aliphatic rings. The highest BCUT2D eigenvalue weighted by Gasteiger charge is 2.34. The zero-order chi connectivity index (χ0) is 16.4. The number of likely N-dealkylation sites (N-methyl/N-ethyl adjacent to an activating group) is 1. The van der Waals surface area contributed by atoms with Gasteiger partial charge in [0.05, 0.1) is 5.60 Å². The van der Waals surface area contributed by atoms with E-state index in [9.17, 15) is 27.9 Å². The lowest BCUT2D eigenvalue weighted by Crippen LogP contribution is -2.42. The Bertz CT molecular complexity index is 573. The van der Waals surface area contributed by atoms with Gasteiger partial charge in [0.15, 0.2) is 0 Å². The highest BCUT2D eigenvalue weighted by molar-refractivity contribution is 5.75. The summed E-state index contributed by atoms with van der Waals surface area (Å²) in [6.45, 7) is 2.47. The second-order valence-corrected chi connectivity index (χ2v) is 5.41. The zero-order valence-corrected chi connectivity index (χ0v) is 11.9. The van der Waals surface area contributed by atoms with Crippen LogP contribution < -0.4 is 5.56 Å². The van der Waals surface area contributed by atoms with Gasteiger partial charge in [-0.2, -0.15) is 13.2 Å². The number of halogens is 3. The van der Waals surface area contributed by atoms with Gasteiger partial charge in [-0.25, -0.2) is 0 Å². The molecule has 1 aromatic heterocycles. The third kappa shape index (κ3) is 4.89. The minimum atomic E-state index is -4.76. The second kappa shape index (κ2) is 5.88. The number of aromatic nitrogens is 1. The van der Waals surface area contributed by atoms with Gasteiger partial charge in [0.2, 0.25) is 5.91 Å². The van der Waals surface area contributed by atoms with Crippen molar-refractivity contribution in [1.29, 1.82) is 0 Å². The first-order chi connectivity index (χ1) is 9.42. The molecule has 0 radical (unpaired) electrons. The first kappa shape index (κ1) is 17.2. The number of nitrogens with zero attached hydrogens (tertiary/aromatic N) is 2. The van der Waals surface area contributed by atoms with Crippen molar-refractivity contribution in [3.63, 3.8) is 0 Å². The summed E-state index contributed by atoms with van der Waals surface area (Å²) in [5.74, 6) is -0.571. The van der Waals surface area contributed by atoms with Crippen LogP contribution in [-0.4, -0.2) is 39.7 Å². The van der Waals surface area contributed by atoms with Crippen LogP contribution in [0, 0.1) is 0 Å². The first-order valence-corrected chi connectivity index (χ1v) is 6.15. The van der Waals surface area contributed by atoms with Gasteiger partial charge in [0.25, 0.3) is 5.56 Å². The van der Waals surface area contributed by atoms with Gasteiger partial charge in [0.1, 0.15) is 12.1 Å². The summed E-state index contributed by atoms with van der Waals surface area (Å²) in [5, 5.41) is 9.60. The molecule has 1 N–H and O–H groups in total. The van der Waals surface area contributed by atoms with E-state index in [4.69, 9.17) is 0 Å². The van der Waals surface area contributed by atoms with Crippen molar-refractivity contribution in [2.24, 2.45) is 0 Å². The quantitative estimate of drug-likeness (QED) is 0.906. The Hall–Kier alpha value is -1.83. The molecular formula is C13H17F3N2O3. The fraction of sp³-hybridized carbons (Fsp3) is 0.538. The van der Waals surface area contributed by atoms with Gasteiger partial charge in [-0.05, 0) is 26.0 Å². The van der Waals surface area contributed by atoms with E-state index in [0.717, 1.165) is 17.2 Å². The van der Waals surface area contributed by atoms with Crippen molar-refractivity contribution in [1.82, 2.24) is 9.47 Å². The monoisotopic (exact) mass is 306 g/mol. The van der Waals surface area contributed by atoms with E-state index in [1.807, 2.05) is 0 Å². The molecule has 1 rings (SSSR count). The number of hydrogen-bond acceptors (Lipinski definition) is 3. The van der Waals surface area contributed by atoms with Crippen LogP contribution in [0.4, 0.5) is 13.2 Å². The molecule has 0 spiro atoms. The molecule has 0 atom stereocenters. The van der Waals surface area contributed by atoms with Crippen molar-refractivity contribution >= 4 is 5.91 Å². The Morgan fingerprint density at radius 3 is 2.43 bits per heavy atom. The lowest BCUT2D eigenvalue weighted by Gasteiger charge is -2.25. The number of amides is 1. The molecule has 8 heteroatoms. The minimum Gasteiger partial charge on any atom is -0.389 e. The van der Waals surface area contributed by atoms with Gasteiger partial charge in [-0.15, -0.1) is 0 Å². The molecule has 5 nitrogen and oxygen atoms in total. The lowest BCUT2D eigenvalue weighted by atomic mass is 10.1. The number of carbonyl (C=O) groups is 1. The summed E-state index contributed by atoms with van der Waals surface area (Å²) < 4.78 is 38.5. The normalized spacial score (nSPS) is 12.3. The molecule has 0 fully saturated rings. The average molecular weight is 306 g/mol. The topological polar surface area (TPSA) is 62.5 Å². The van der Waals surface area contributed by atoms with Crippen LogP contribution in [0.15, 0.2) is 23.1 Å². The van der Waals surface area contributed by atoms with E-state index in [0.29, 0.717) is 10.6 Å². The minimum absolute atomic E-state index is 0.000451. The summed E-state index contributed by atoms with van der Waals surface area (Å²) in [6, 6.07) is 1.73. The lowest BCUT2D eigenvalue weighted by molar-refractivity contribution is -0.139. The van der Waals surface area contributed by atoms with E-state index in [-0.39, 0.29) is 6.54 Å². The highest BCUT2D eigenvalue weighted by atomic mass is 19.4. The van der Waals surface area contributed by atoms with Gasteiger partial charge in [-0.3, -0.25) is 9.59 Å². The molecule has 0 saturated heterocycles. The largest absolute Gasteiger partial charge is 0.421 e. The molecule has 0 aliphatic heterocycles. The predicted molar refractivity (Wildman–Crippen MR) is 69.6 cm³/mol. The molecule has 118 valence electrons. The summed E-state index contributed by atoms with van der Waals surface area (Å²) in [7, 11) is 1.40. The maximum absolute atomic E-state index is 12.6. The van der Waals surface area contributed by atoms with Gasteiger partial charge < -0.3 is 14.6 Å². The number of alkyl halides is 3. The molecule has 0 aliphatic carbocycles. The summed E-state index contributed by atoms with van der Waals surface area (Å²) in [4.78, 5) is 24.7. The van der Waals surface area contributed by atoms with Crippen molar-refractivity contribution in [3.05, 3.63) is 34.2 Å². The summed E-state index contributed by atoms with van der Waals surface area (Å²) in [6.07, 6.45) is -3.64. The molecule has 0 aromatic carbocycles. The molecule has 1 amide bonds. The maximum Gasteiger partial charge on any atom is 0.421 e. The van der Waals surface area contributed by atoms with Crippen LogP contribution in [0.1, 0.15) is 19.4 Å².